The Balaban J connectivity index is 1.47. The average molecular weight is 421 g/mol. The minimum Gasteiger partial charge on any atom is -0.349 e. The van der Waals surface area contributed by atoms with Crippen molar-refractivity contribution in [2.24, 2.45) is 0 Å². The number of hydrogen-bond donors (Lipinski definition) is 2. The second-order valence-electron chi connectivity index (χ2n) is 8.75. The maximum absolute atomic E-state index is 12.8. The number of carbonyl (C=O) groups is 1. The molecule has 1 aliphatic carbocycles. The first-order valence-electron chi connectivity index (χ1n) is 10.5. The zero-order valence-electron chi connectivity index (χ0n) is 17.7. The van der Waals surface area contributed by atoms with Crippen LogP contribution in [-0.4, -0.2) is 20.7 Å². The molecule has 1 amide bonds. The number of fused-ring (bicyclic) bond motifs is 1. The number of aryl methyl sites for hydroxylation is 1. The van der Waals surface area contributed by atoms with Crippen LogP contribution in [0.25, 0.3) is 11.4 Å². The van der Waals surface area contributed by atoms with Crippen molar-refractivity contribution in [1.29, 1.82) is 0 Å². The minimum atomic E-state index is 0.0350. The lowest BCUT2D eigenvalue weighted by Gasteiger charge is -2.37. The molecule has 0 bridgehead atoms. The number of carbonyl (C=O) groups excluding carboxylic acids is 1. The van der Waals surface area contributed by atoms with Crippen LogP contribution in [0.1, 0.15) is 55.8 Å². The van der Waals surface area contributed by atoms with E-state index in [1.807, 2.05) is 29.7 Å². The van der Waals surface area contributed by atoms with Crippen LogP contribution < -0.4 is 5.32 Å². The van der Waals surface area contributed by atoms with E-state index in [-0.39, 0.29) is 17.4 Å². The Kier molecular flexibility index (Phi) is 5.60. The van der Waals surface area contributed by atoms with E-state index in [4.69, 9.17) is 12.2 Å². The van der Waals surface area contributed by atoms with E-state index in [0.29, 0.717) is 17.7 Å². The van der Waals surface area contributed by atoms with Gasteiger partial charge in [-0.2, -0.15) is 5.10 Å². The lowest BCUT2D eigenvalue weighted by Crippen LogP contribution is -2.36. The third kappa shape index (κ3) is 4.10. The summed E-state index contributed by atoms with van der Waals surface area (Å²) in [5.74, 6) is 0.800. The van der Waals surface area contributed by atoms with E-state index in [1.54, 1.807) is 0 Å². The zero-order chi connectivity index (χ0) is 21.3. The third-order valence-electron chi connectivity index (χ3n) is 6.06. The van der Waals surface area contributed by atoms with Crippen molar-refractivity contribution in [3.8, 4) is 11.4 Å². The fraction of sp³-hybridized carbons (Fsp3) is 0.375. The zero-order valence-corrected chi connectivity index (χ0v) is 18.6. The fourth-order valence-corrected chi connectivity index (χ4v) is 4.60. The van der Waals surface area contributed by atoms with Gasteiger partial charge >= 0.3 is 0 Å². The molecule has 1 aliphatic rings. The normalized spacial score (nSPS) is 17.4. The Morgan fingerprint density at radius 1 is 1.27 bits per heavy atom. The molecular formula is C24H28N4OS. The molecule has 6 heteroatoms. The molecule has 30 heavy (non-hydrogen) atoms. The van der Waals surface area contributed by atoms with Crippen LogP contribution in [0.3, 0.4) is 0 Å². The van der Waals surface area contributed by atoms with Gasteiger partial charge in [0.2, 0.25) is 5.91 Å². The highest BCUT2D eigenvalue weighted by atomic mass is 32.1. The van der Waals surface area contributed by atoms with Gasteiger partial charge in [-0.15, -0.1) is 0 Å². The second-order valence-corrected chi connectivity index (χ2v) is 9.14. The topological polar surface area (TPSA) is 62.7 Å². The molecule has 1 unspecified atom stereocenters. The Bertz CT molecular complexity index is 1130. The molecule has 1 heterocycles. The first-order valence-corrected chi connectivity index (χ1v) is 10.9. The number of hydrogen-bond acceptors (Lipinski definition) is 3. The van der Waals surface area contributed by atoms with Gasteiger partial charge in [0.05, 0.1) is 6.04 Å². The molecule has 0 radical (unpaired) electrons. The molecule has 2 aromatic carbocycles. The van der Waals surface area contributed by atoms with E-state index in [0.717, 1.165) is 29.8 Å². The van der Waals surface area contributed by atoms with Gasteiger partial charge < -0.3 is 5.32 Å². The van der Waals surface area contributed by atoms with Crippen molar-refractivity contribution in [3.05, 3.63) is 70.0 Å². The molecule has 0 spiro atoms. The third-order valence-corrected chi connectivity index (χ3v) is 6.37. The average Bonchev–Trinajstić information content (AvgIpc) is 3.09. The summed E-state index contributed by atoms with van der Waals surface area (Å²) in [6, 6.07) is 16.7. The number of H-pyrrole nitrogens is 1. The van der Waals surface area contributed by atoms with Crippen molar-refractivity contribution in [2.45, 2.75) is 58.0 Å². The van der Waals surface area contributed by atoms with Crippen LogP contribution in [0, 0.1) is 11.7 Å². The fourth-order valence-electron chi connectivity index (χ4n) is 4.37. The predicted molar refractivity (Wildman–Crippen MR) is 122 cm³/mol. The number of aromatic amines is 1. The van der Waals surface area contributed by atoms with E-state index < -0.39 is 0 Å². The van der Waals surface area contributed by atoms with E-state index in [2.05, 4.69) is 59.7 Å². The maximum Gasteiger partial charge on any atom is 0.222 e. The number of nitrogens with one attached hydrogen (secondary N) is 2. The lowest BCUT2D eigenvalue weighted by molar-refractivity contribution is -0.122. The molecular weight excluding hydrogens is 392 g/mol. The Morgan fingerprint density at radius 3 is 2.87 bits per heavy atom. The summed E-state index contributed by atoms with van der Waals surface area (Å²) in [7, 11) is 0. The first kappa shape index (κ1) is 20.5. The van der Waals surface area contributed by atoms with Crippen molar-refractivity contribution in [1.82, 2.24) is 20.1 Å². The lowest BCUT2D eigenvalue weighted by atomic mass is 9.71. The largest absolute Gasteiger partial charge is 0.349 e. The smallest absolute Gasteiger partial charge is 0.222 e. The summed E-state index contributed by atoms with van der Waals surface area (Å²) in [4.78, 5) is 12.8. The molecule has 2 N–H and O–H groups in total. The SMILES string of the molecule is Cc1cccc(-c2n[nH]c(=S)n2CCC(=O)NC2CCC(C)(C)c3ccccc32)c1. The van der Waals surface area contributed by atoms with Gasteiger partial charge in [-0.3, -0.25) is 14.5 Å². The van der Waals surface area contributed by atoms with Crippen LogP contribution in [0.2, 0.25) is 0 Å². The standard InChI is InChI=1S/C24H28N4OS/c1-16-7-6-8-17(15-16)22-26-27-23(30)28(22)14-12-21(29)25-20-11-13-24(2,3)19-10-5-4-9-18(19)20/h4-10,15,20H,11-14H2,1-3H3,(H,25,29)(H,27,30). The summed E-state index contributed by atoms with van der Waals surface area (Å²) in [6.07, 6.45) is 2.36. The highest BCUT2D eigenvalue weighted by molar-refractivity contribution is 7.71. The molecule has 4 rings (SSSR count). The molecule has 5 nitrogen and oxygen atoms in total. The van der Waals surface area contributed by atoms with E-state index in [9.17, 15) is 4.79 Å². The second kappa shape index (κ2) is 8.19. The Labute approximate surface area is 182 Å². The quantitative estimate of drug-likeness (QED) is 0.555. The number of benzene rings is 2. The molecule has 0 fully saturated rings. The molecule has 1 aromatic heterocycles. The summed E-state index contributed by atoms with van der Waals surface area (Å²) in [5, 5.41) is 10.5. The summed E-state index contributed by atoms with van der Waals surface area (Å²) in [6.45, 7) is 7.09. The predicted octanol–water partition coefficient (Wildman–Crippen LogP) is 5.24. The summed E-state index contributed by atoms with van der Waals surface area (Å²) in [5.41, 5.74) is 4.86. The maximum atomic E-state index is 12.8. The monoisotopic (exact) mass is 420 g/mol. The van der Waals surface area contributed by atoms with Crippen molar-refractivity contribution < 1.29 is 4.79 Å². The summed E-state index contributed by atoms with van der Waals surface area (Å²) >= 11 is 5.41. The van der Waals surface area contributed by atoms with Crippen LogP contribution in [-0.2, 0) is 16.8 Å². The van der Waals surface area contributed by atoms with Crippen molar-refractivity contribution in [3.63, 3.8) is 0 Å². The van der Waals surface area contributed by atoms with Crippen LogP contribution in [0.5, 0.6) is 0 Å². The van der Waals surface area contributed by atoms with Crippen molar-refractivity contribution in [2.75, 3.05) is 0 Å². The van der Waals surface area contributed by atoms with Crippen LogP contribution in [0.4, 0.5) is 0 Å². The molecule has 0 saturated heterocycles. The number of nitrogens with zero attached hydrogens (tertiary/aromatic N) is 2. The van der Waals surface area contributed by atoms with Crippen LogP contribution >= 0.6 is 12.2 Å². The van der Waals surface area contributed by atoms with Gasteiger partial charge in [0.25, 0.3) is 0 Å². The van der Waals surface area contributed by atoms with Gasteiger partial charge in [0, 0.05) is 18.5 Å². The van der Waals surface area contributed by atoms with E-state index >= 15 is 0 Å². The van der Waals surface area contributed by atoms with Gasteiger partial charge in [0.1, 0.15) is 0 Å². The molecule has 156 valence electrons. The van der Waals surface area contributed by atoms with Gasteiger partial charge in [-0.05, 0) is 54.6 Å². The molecule has 1 atom stereocenters. The first-order chi connectivity index (χ1) is 14.3. The Morgan fingerprint density at radius 2 is 2.07 bits per heavy atom. The van der Waals surface area contributed by atoms with Gasteiger partial charge in [-0.25, -0.2) is 0 Å². The summed E-state index contributed by atoms with van der Waals surface area (Å²) < 4.78 is 2.44. The van der Waals surface area contributed by atoms with Gasteiger partial charge in [-0.1, -0.05) is 61.9 Å². The number of aromatic nitrogens is 3. The van der Waals surface area contributed by atoms with Crippen LogP contribution in [0.15, 0.2) is 48.5 Å². The number of rotatable bonds is 5. The number of amides is 1. The Hall–Kier alpha value is -2.73. The minimum absolute atomic E-state index is 0.0350. The molecule has 0 aliphatic heterocycles. The highest BCUT2D eigenvalue weighted by Gasteiger charge is 2.32. The van der Waals surface area contributed by atoms with Crippen molar-refractivity contribution >= 4 is 18.1 Å². The highest BCUT2D eigenvalue weighted by Crippen LogP contribution is 2.41. The van der Waals surface area contributed by atoms with E-state index in [1.165, 1.54) is 11.1 Å². The molecule has 0 saturated carbocycles. The van der Waals surface area contributed by atoms with Gasteiger partial charge in [0.15, 0.2) is 10.6 Å². The molecule has 3 aromatic rings.